The number of nitrogens with one attached hydrogen (secondary N) is 1. The zero-order valence-corrected chi connectivity index (χ0v) is 17.1. The Labute approximate surface area is 178 Å². The average Bonchev–Trinajstić information content (AvgIpc) is 3.17. The molecule has 2 amide bonds. The predicted octanol–water partition coefficient (Wildman–Crippen LogP) is 1.90. The van der Waals surface area contributed by atoms with Crippen LogP contribution in [0.4, 0.5) is 5.69 Å². The SMILES string of the molecule is CNC(=O)C1CN(C(=O)CSc2nc(-c3ccccc3)cn2N)c2ccccc2O1. The molecular weight excluding hydrogens is 402 g/mol. The number of carbonyl (C=O) groups is 2. The molecule has 0 bridgehead atoms. The number of para-hydroxylation sites is 2. The number of hydrogen-bond donors (Lipinski definition) is 2. The van der Waals surface area contributed by atoms with E-state index in [1.807, 2.05) is 36.4 Å². The lowest BCUT2D eigenvalue weighted by molar-refractivity contribution is -0.127. The first-order chi connectivity index (χ1) is 14.6. The Morgan fingerprint density at radius 3 is 2.70 bits per heavy atom. The molecule has 1 aromatic heterocycles. The van der Waals surface area contributed by atoms with Crippen molar-refractivity contribution in [3.63, 3.8) is 0 Å². The van der Waals surface area contributed by atoms with Crippen molar-refractivity contribution in [1.29, 1.82) is 0 Å². The summed E-state index contributed by atoms with van der Waals surface area (Å²) >= 11 is 1.25. The number of ether oxygens (including phenoxy) is 1. The van der Waals surface area contributed by atoms with Gasteiger partial charge in [0.2, 0.25) is 5.91 Å². The maximum absolute atomic E-state index is 13.0. The van der Waals surface area contributed by atoms with E-state index in [2.05, 4.69) is 10.3 Å². The minimum atomic E-state index is -0.764. The molecule has 30 heavy (non-hydrogen) atoms. The molecule has 2 heterocycles. The van der Waals surface area contributed by atoms with Gasteiger partial charge in [0.25, 0.3) is 5.91 Å². The number of nitrogens with zero attached hydrogens (tertiary/aromatic N) is 3. The predicted molar refractivity (Wildman–Crippen MR) is 116 cm³/mol. The fourth-order valence-electron chi connectivity index (χ4n) is 3.20. The number of fused-ring (bicyclic) bond motifs is 1. The van der Waals surface area contributed by atoms with Crippen LogP contribution >= 0.6 is 11.8 Å². The molecule has 1 atom stereocenters. The first-order valence-electron chi connectivity index (χ1n) is 9.37. The second-order valence-corrected chi connectivity index (χ2v) is 7.61. The Morgan fingerprint density at radius 2 is 1.93 bits per heavy atom. The molecule has 3 N–H and O–H groups in total. The van der Waals surface area contributed by atoms with E-state index in [4.69, 9.17) is 10.6 Å². The van der Waals surface area contributed by atoms with Gasteiger partial charge in [-0.15, -0.1) is 0 Å². The number of hydrogen-bond acceptors (Lipinski definition) is 6. The van der Waals surface area contributed by atoms with Crippen molar-refractivity contribution in [3.05, 3.63) is 60.8 Å². The third-order valence-electron chi connectivity index (χ3n) is 4.71. The van der Waals surface area contributed by atoms with E-state index in [0.29, 0.717) is 16.6 Å². The molecule has 0 saturated heterocycles. The third kappa shape index (κ3) is 3.97. The summed E-state index contributed by atoms with van der Waals surface area (Å²) in [6.45, 7) is 0.141. The van der Waals surface area contributed by atoms with Crippen LogP contribution in [-0.4, -0.2) is 46.9 Å². The van der Waals surface area contributed by atoms with E-state index < -0.39 is 6.10 Å². The first kappa shape index (κ1) is 19.8. The van der Waals surface area contributed by atoms with E-state index >= 15 is 0 Å². The van der Waals surface area contributed by atoms with Gasteiger partial charge in [-0.25, -0.2) is 9.66 Å². The lowest BCUT2D eigenvalue weighted by atomic mass is 10.2. The van der Waals surface area contributed by atoms with Crippen molar-refractivity contribution in [2.45, 2.75) is 11.3 Å². The highest BCUT2D eigenvalue weighted by atomic mass is 32.2. The normalized spacial score (nSPS) is 15.2. The van der Waals surface area contributed by atoms with E-state index in [1.165, 1.54) is 16.4 Å². The van der Waals surface area contributed by atoms with Crippen molar-refractivity contribution in [2.24, 2.45) is 0 Å². The Morgan fingerprint density at radius 1 is 1.20 bits per heavy atom. The van der Waals surface area contributed by atoms with E-state index in [-0.39, 0.29) is 24.1 Å². The highest BCUT2D eigenvalue weighted by Crippen LogP contribution is 2.34. The van der Waals surface area contributed by atoms with Gasteiger partial charge in [0.05, 0.1) is 29.9 Å². The summed E-state index contributed by atoms with van der Waals surface area (Å²) in [6.07, 6.45) is 0.966. The maximum atomic E-state index is 13.0. The standard InChI is InChI=1S/C21H21N5O3S/c1-23-20(28)18-12-25(16-9-5-6-10-17(16)29-18)19(27)13-30-21-24-15(11-26(21)22)14-7-3-2-4-8-14/h2-11,18H,12-13,22H2,1H3,(H,23,28). The Bertz CT molecular complexity index is 1070. The molecule has 0 spiro atoms. The highest BCUT2D eigenvalue weighted by Gasteiger charge is 2.33. The fraction of sp³-hybridized carbons (Fsp3) is 0.190. The molecule has 4 rings (SSSR count). The minimum Gasteiger partial charge on any atom is -0.477 e. The molecule has 1 aliphatic heterocycles. The van der Waals surface area contributed by atoms with Crippen LogP contribution in [0.5, 0.6) is 5.75 Å². The summed E-state index contributed by atoms with van der Waals surface area (Å²) in [4.78, 5) is 31.2. The molecule has 1 unspecified atom stereocenters. The Balaban J connectivity index is 1.50. The van der Waals surface area contributed by atoms with Crippen molar-refractivity contribution in [2.75, 3.05) is 30.1 Å². The van der Waals surface area contributed by atoms with Crippen molar-refractivity contribution in [1.82, 2.24) is 15.0 Å². The van der Waals surface area contributed by atoms with E-state index in [0.717, 1.165) is 11.3 Å². The molecule has 9 heteroatoms. The number of amides is 2. The Hall–Kier alpha value is -3.46. The molecule has 8 nitrogen and oxygen atoms in total. The largest absolute Gasteiger partial charge is 0.477 e. The maximum Gasteiger partial charge on any atom is 0.262 e. The number of rotatable bonds is 5. The number of likely N-dealkylation sites (N-methyl/N-ethyl adjacent to an activating group) is 1. The third-order valence-corrected chi connectivity index (χ3v) is 5.66. The number of aromatic nitrogens is 2. The highest BCUT2D eigenvalue weighted by molar-refractivity contribution is 7.99. The topological polar surface area (TPSA) is 102 Å². The smallest absolute Gasteiger partial charge is 0.262 e. The molecular formula is C21H21N5O3S. The summed E-state index contributed by atoms with van der Waals surface area (Å²) < 4.78 is 7.17. The van der Waals surface area contributed by atoms with Gasteiger partial charge in [-0.05, 0) is 12.1 Å². The first-order valence-corrected chi connectivity index (χ1v) is 10.4. The van der Waals surface area contributed by atoms with E-state index in [9.17, 15) is 9.59 Å². The number of carbonyl (C=O) groups excluding carboxylic acids is 2. The molecule has 1 aliphatic rings. The van der Waals surface area contributed by atoms with Gasteiger partial charge in [-0.3, -0.25) is 9.59 Å². The van der Waals surface area contributed by atoms with Crippen LogP contribution < -0.4 is 20.8 Å². The van der Waals surface area contributed by atoms with Crippen LogP contribution in [0.2, 0.25) is 0 Å². The van der Waals surface area contributed by atoms with Crippen LogP contribution in [0.3, 0.4) is 0 Å². The quantitative estimate of drug-likeness (QED) is 0.480. The number of thioether (sulfide) groups is 1. The van der Waals surface area contributed by atoms with Gasteiger partial charge >= 0.3 is 0 Å². The summed E-state index contributed by atoms with van der Waals surface area (Å²) in [5.74, 6) is 6.22. The molecule has 0 radical (unpaired) electrons. The summed E-state index contributed by atoms with van der Waals surface area (Å²) in [7, 11) is 1.54. The number of benzene rings is 2. The summed E-state index contributed by atoms with van der Waals surface area (Å²) in [5.41, 5.74) is 2.33. The number of anilines is 1. The van der Waals surface area contributed by atoms with Crippen LogP contribution in [0, 0.1) is 0 Å². The van der Waals surface area contributed by atoms with Gasteiger partial charge < -0.3 is 20.8 Å². The van der Waals surface area contributed by atoms with Crippen LogP contribution in [-0.2, 0) is 9.59 Å². The molecule has 2 aromatic carbocycles. The second-order valence-electron chi connectivity index (χ2n) is 6.66. The fourth-order valence-corrected chi connectivity index (χ4v) is 3.98. The molecule has 3 aromatic rings. The number of imidazole rings is 1. The Kier molecular flexibility index (Phi) is 5.62. The van der Waals surface area contributed by atoms with Gasteiger partial charge in [-0.1, -0.05) is 54.2 Å². The van der Waals surface area contributed by atoms with Gasteiger partial charge in [0, 0.05) is 12.6 Å². The van der Waals surface area contributed by atoms with Crippen LogP contribution in [0.1, 0.15) is 0 Å². The van der Waals surface area contributed by atoms with Crippen LogP contribution in [0.15, 0.2) is 66.0 Å². The lowest BCUT2D eigenvalue weighted by Crippen LogP contribution is -2.50. The monoisotopic (exact) mass is 423 g/mol. The van der Waals surface area contributed by atoms with Gasteiger partial charge in [-0.2, -0.15) is 0 Å². The number of nitrogen functional groups attached to an aromatic ring is 1. The van der Waals surface area contributed by atoms with Gasteiger partial charge in [0.15, 0.2) is 11.3 Å². The molecule has 0 fully saturated rings. The summed E-state index contributed by atoms with van der Waals surface area (Å²) in [6, 6.07) is 16.9. The van der Waals surface area contributed by atoms with Crippen molar-refractivity contribution < 1.29 is 14.3 Å². The van der Waals surface area contributed by atoms with Crippen molar-refractivity contribution in [3.8, 4) is 17.0 Å². The molecule has 0 aliphatic carbocycles. The van der Waals surface area contributed by atoms with E-state index in [1.54, 1.807) is 36.3 Å². The lowest BCUT2D eigenvalue weighted by Gasteiger charge is -2.33. The van der Waals surface area contributed by atoms with Gasteiger partial charge in [0.1, 0.15) is 5.75 Å². The minimum absolute atomic E-state index is 0.122. The average molecular weight is 423 g/mol. The zero-order chi connectivity index (χ0) is 21.1. The molecule has 154 valence electrons. The zero-order valence-electron chi connectivity index (χ0n) is 16.3. The van der Waals surface area contributed by atoms with Crippen molar-refractivity contribution >= 4 is 29.3 Å². The molecule has 0 saturated carbocycles. The second kappa shape index (κ2) is 8.50. The summed E-state index contributed by atoms with van der Waals surface area (Å²) in [5, 5.41) is 3.11. The van der Waals surface area contributed by atoms with Crippen LogP contribution in [0.25, 0.3) is 11.3 Å². The number of nitrogens with two attached hydrogens (primary N) is 1.